The Labute approximate surface area is 113 Å². The average Bonchev–Trinajstić information content (AvgIpc) is 2.73. The first-order valence-corrected chi connectivity index (χ1v) is 6.68. The highest BCUT2D eigenvalue weighted by atomic mass is 16.1. The number of hydrogen-bond acceptors (Lipinski definition) is 3. The van der Waals surface area contributed by atoms with E-state index in [4.69, 9.17) is 0 Å². The Morgan fingerprint density at radius 2 is 2.16 bits per heavy atom. The number of ketones is 1. The molecular weight excluding hydrogens is 238 g/mol. The normalized spacial score (nSPS) is 13.1. The van der Waals surface area contributed by atoms with Crippen LogP contribution in [-0.4, -0.2) is 29.3 Å². The molecule has 2 rings (SSSR count). The summed E-state index contributed by atoms with van der Waals surface area (Å²) in [4.78, 5) is 20.1. The number of hydrogen-bond donors (Lipinski definition) is 2. The van der Waals surface area contributed by atoms with Gasteiger partial charge in [0.05, 0.1) is 11.0 Å². The van der Waals surface area contributed by atoms with E-state index in [-0.39, 0.29) is 11.7 Å². The summed E-state index contributed by atoms with van der Waals surface area (Å²) in [7, 11) is 1.88. The molecule has 4 nitrogen and oxygen atoms in total. The second-order valence-corrected chi connectivity index (χ2v) is 5.33. The standard InChI is InChI=1S/C15H21N3O/c1-9(2)12(8-16-4)15(19)11-5-6-13-14(7-11)18-10(3)17-13/h5-7,9,12,16H,8H2,1-4H3,(H,17,18). The molecule has 2 aromatic rings. The molecular formula is C15H21N3O. The Hall–Kier alpha value is -1.68. The van der Waals surface area contributed by atoms with Crippen LogP contribution >= 0.6 is 0 Å². The molecule has 1 atom stereocenters. The lowest BCUT2D eigenvalue weighted by Crippen LogP contribution is -2.30. The minimum absolute atomic E-state index is 0.00599. The van der Waals surface area contributed by atoms with E-state index in [9.17, 15) is 4.79 Å². The number of rotatable bonds is 5. The fourth-order valence-corrected chi connectivity index (χ4v) is 2.36. The molecule has 0 saturated carbocycles. The Morgan fingerprint density at radius 3 is 2.79 bits per heavy atom. The zero-order valence-corrected chi connectivity index (χ0v) is 11.9. The third-order valence-corrected chi connectivity index (χ3v) is 3.45. The first-order chi connectivity index (χ1) is 9.02. The van der Waals surface area contributed by atoms with Crippen molar-refractivity contribution in [1.82, 2.24) is 15.3 Å². The Balaban J connectivity index is 2.34. The molecule has 1 aromatic heterocycles. The summed E-state index contributed by atoms with van der Waals surface area (Å²) < 4.78 is 0. The number of imidazole rings is 1. The van der Waals surface area contributed by atoms with Crippen molar-refractivity contribution in [2.24, 2.45) is 11.8 Å². The molecule has 1 aromatic carbocycles. The van der Waals surface area contributed by atoms with E-state index < -0.39 is 0 Å². The SMILES string of the molecule is CNCC(C(=O)c1ccc2nc(C)[nH]c2c1)C(C)C. The van der Waals surface area contributed by atoms with Crippen molar-refractivity contribution in [3.8, 4) is 0 Å². The van der Waals surface area contributed by atoms with Crippen LogP contribution in [0.3, 0.4) is 0 Å². The molecule has 0 aliphatic heterocycles. The summed E-state index contributed by atoms with van der Waals surface area (Å²) in [6.45, 7) is 6.79. The fourth-order valence-electron chi connectivity index (χ4n) is 2.36. The maximum atomic E-state index is 12.6. The van der Waals surface area contributed by atoms with Crippen LogP contribution < -0.4 is 5.32 Å². The zero-order valence-electron chi connectivity index (χ0n) is 11.9. The Morgan fingerprint density at radius 1 is 1.42 bits per heavy atom. The van der Waals surface area contributed by atoms with Gasteiger partial charge in [-0.05, 0) is 38.1 Å². The lowest BCUT2D eigenvalue weighted by molar-refractivity contribution is 0.0886. The van der Waals surface area contributed by atoms with Crippen molar-refractivity contribution in [2.75, 3.05) is 13.6 Å². The summed E-state index contributed by atoms with van der Waals surface area (Å²) in [5, 5.41) is 3.10. The van der Waals surface area contributed by atoms with Crippen LogP contribution in [0.25, 0.3) is 11.0 Å². The molecule has 0 aliphatic carbocycles. The number of nitrogens with one attached hydrogen (secondary N) is 2. The lowest BCUT2D eigenvalue weighted by Gasteiger charge is -2.19. The van der Waals surface area contributed by atoms with Crippen molar-refractivity contribution < 1.29 is 4.79 Å². The quantitative estimate of drug-likeness (QED) is 0.811. The number of carbonyl (C=O) groups is 1. The molecule has 0 amide bonds. The van der Waals surface area contributed by atoms with Gasteiger partial charge in [-0.15, -0.1) is 0 Å². The summed E-state index contributed by atoms with van der Waals surface area (Å²) in [6, 6.07) is 5.68. The van der Waals surface area contributed by atoms with Crippen LogP contribution in [0.1, 0.15) is 30.0 Å². The maximum Gasteiger partial charge on any atom is 0.167 e. The summed E-state index contributed by atoms with van der Waals surface area (Å²) in [5.74, 6) is 1.39. The first kappa shape index (κ1) is 13.7. The van der Waals surface area contributed by atoms with E-state index in [1.807, 2.05) is 32.2 Å². The van der Waals surface area contributed by atoms with Crippen LogP contribution in [0.2, 0.25) is 0 Å². The summed E-state index contributed by atoms with van der Waals surface area (Å²) in [6.07, 6.45) is 0. The van der Waals surface area contributed by atoms with E-state index in [1.54, 1.807) is 0 Å². The van der Waals surface area contributed by atoms with Crippen LogP contribution in [-0.2, 0) is 0 Å². The molecule has 1 unspecified atom stereocenters. The largest absolute Gasteiger partial charge is 0.342 e. The number of aromatic nitrogens is 2. The molecule has 0 fully saturated rings. The third kappa shape index (κ3) is 2.84. The topological polar surface area (TPSA) is 57.8 Å². The highest BCUT2D eigenvalue weighted by Crippen LogP contribution is 2.20. The number of Topliss-reactive ketones (excluding diaryl/α,β-unsaturated/α-hetero) is 1. The minimum Gasteiger partial charge on any atom is -0.342 e. The van der Waals surface area contributed by atoms with Crippen molar-refractivity contribution in [1.29, 1.82) is 0 Å². The average molecular weight is 259 g/mol. The summed E-state index contributed by atoms with van der Waals surface area (Å²) >= 11 is 0. The van der Waals surface area contributed by atoms with Crippen molar-refractivity contribution in [2.45, 2.75) is 20.8 Å². The predicted octanol–water partition coefficient (Wildman–Crippen LogP) is 2.55. The van der Waals surface area contributed by atoms with Crippen LogP contribution in [0.4, 0.5) is 0 Å². The van der Waals surface area contributed by atoms with Gasteiger partial charge in [-0.2, -0.15) is 0 Å². The number of aromatic amines is 1. The second kappa shape index (κ2) is 5.53. The highest BCUT2D eigenvalue weighted by Gasteiger charge is 2.23. The van der Waals surface area contributed by atoms with Gasteiger partial charge in [0, 0.05) is 18.0 Å². The van der Waals surface area contributed by atoms with E-state index in [1.165, 1.54) is 0 Å². The monoisotopic (exact) mass is 259 g/mol. The zero-order chi connectivity index (χ0) is 14.0. The molecule has 0 bridgehead atoms. The van der Waals surface area contributed by atoms with Gasteiger partial charge in [0.25, 0.3) is 0 Å². The van der Waals surface area contributed by atoms with E-state index in [0.717, 1.165) is 22.4 Å². The molecule has 0 radical (unpaired) electrons. The smallest absolute Gasteiger partial charge is 0.167 e. The number of H-pyrrole nitrogens is 1. The molecule has 1 heterocycles. The molecule has 0 saturated heterocycles. The number of fused-ring (bicyclic) bond motifs is 1. The number of aryl methyl sites for hydroxylation is 1. The molecule has 19 heavy (non-hydrogen) atoms. The van der Waals surface area contributed by atoms with Gasteiger partial charge >= 0.3 is 0 Å². The van der Waals surface area contributed by atoms with E-state index in [2.05, 4.69) is 29.1 Å². The van der Waals surface area contributed by atoms with Gasteiger partial charge in [0.2, 0.25) is 0 Å². The Bertz CT molecular complexity index is 586. The van der Waals surface area contributed by atoms with Crippen LogP contribution in [0.15, 0.2) is 18.2 Å². The van der Waals surface area contributed by atoms with Gasteiger partial charge in [0.15, 0.2) is 5.78 Å². The van der Waals surface area contributed by atoms with Gasteiger partial charge < -0.3 is 10.3 Å². The number of carbonyl (C=O) groups excluding carboxylic acids is 1. The van der Waals surface area contributed by atoms with E-state index >= 15 is 0 Å². The maximum absolute atomic E-state index is 12.6. The van der Waals surface area contributed by atoms with E-state index in [0.29, 0.717) is 12.5 Å². The van der Waals surface area contributed by atoms with Crippen LogP contribution in [0.5, 0.6) is 0 Å². The lowest BCUT2D eigenvalue weighted by atomic mass is 9.88. The van der Waals surface area contributed by atoms with Crippen molar-refractivity contribution >= 4 is 16.8 Å². The predicted molar refractivity (Wildman–Crippen MR) is 77.4 cm³/mol. The van der Waals surface area contributed by atoms with Gasteiger partial charge in [-0.3, -0.25) is 4.79 Å². The minimum atomic E-state index is 0.00599. The fraction of sp³-hybridized carbons (Fsp3) is 0.467. The molecule has 2 N–H and O–H groups in total. The van der Waals surface area contributed by atoms with Gasteiger partial charge in [-0.1, -0.05) is 13.8 Å². The van der Waals surface area contributed by atoms with Crippen molar-refractivity contribution in [3.05, 3.63) is 29.6 Å². The van der Waals surface area contributed by atoms with Crippen molar-refractivity contribution in [3.63, 3.8) is 0 Å². The van der Waals surface area contributed by atoms with Gasteiger partial charge in [0.1, 0.15) is 5.82 Å². The highest BCUT2D eigenvalue weighted by molar-refractivity contribution is 6.00. The molecule has 0 spiro atoms. The third-order valence-electron chi connectivity index (χ3n) is 3.45. The first-order valence-electron chi connectivity index (χ1n) is 6.68. The van der Waals surface area contributed by atoms with Crippen LogP contribution in [0, 0.1) is 18.8 Å². The molecule has 102 valence electrons. The second-order valence-electron chi connectivity index (χ2n) is 5.33. The molecule has 0 aliphatic rings. The number of nitrogens with zero attached hydrogens (tertiary/aromatic N) is 1. The number of benzene rings is 1. The molecule has 4 heteroatoms. The summed E-state index contributed by atoms with van der Waals surface area (Å²) in [5.41, 5.74) is 2.59. The Kier molecular flexibility index (Phi) is 4.00. The van der Waals surface area contributed by atoms with Gasteiger partial charge in [-0.25, -0.2) is 4.98 Å².